The van der Waals surface area contributed by atoms with Crippen LogP contribution < -0.4 is 15.1 Å². The fourth-order valence-electron chi connectivity index (χ4n) is 2.93. The van der Waals surface area contributed by atoms with E-state index < -0.39 is 11.6 Å². The molecule has 0 spiro atoms. The van der Waals surface area contributed by atoms with E-state index in [0.29, 0.717) is 22.6 Å². The molecule has 2 aromatic carbocycles. The molecule has 0 saturated heterocycles. The lowest BCUT2D eigenvalue weighted by Crippen LogP contribution is -2.04. The molecule has 25 heavy (non-hydrogen) atoms. The first kappa shape index (κ1) is 16.8. The minimum atomic E-state index is -0.445. The van der Waals surface area contributed by atoms with Gasteiger partial charge in [0.15, 0.2) is 11.5 Å². The number of esters is 1. The molecule has 0 aliphatic rings. The average molecular weight is 338 g/mol. The summed E-state index contributed by atoms with van der Waals surface area (Å²) in [6, 6.07) is 10.6. The molecular weight excluding hydrogens is 320 g/mol. The zero-order valence-electron chi connectivity index (χ0n) is 14.5. The van der Waals surface area contributed by atoms with Gasteiger partial charge in [-0.25, -0.2) is 4.79 Å². The first-order valence-electron chi connectivity index (χ1n) is 7.81. The largest absolute Gasteiger partial charge is 0.493 e. The molecule has 1 aromatic heterocycles. The van der Waals surface area contributed by atoms with Gasteiger partial charge in [0.25, 0.3) is 0 Å². The topological polar surface area (TPSA) is 65.7 Å². The van der Waals surface area contributed by atoms with Gasteiger partial charge in [-0.2, -0.15) is 0 Å². The normalized spacial score (nSPS) is 10.7. The zero-order valence-corrected chi connectivity index (χ0v) is 14.5. The van der Waals surface area contributed by atoms with E-state index >= 15 is 0 Å². The first-order chi connectivity index (χ1) is 11.9. The van der Waals surface area contributed by atoms with Crippen LogP contribution in [0.15, 0.2) is 45.6 Å². The summed E-state index contributed by atoms with van der Waals surface area (Å²) >= 11 is 0. The van der Waals surface area contributed by atoms with Crippen molar-refractivity contribution in [1.29, 1.82) is 0 Å². The van der Waals surface area contributed by atoms with Gasteiger partial charge in [-0.05, 0) is 54.3 Å². The molecule has 0 aliphatic carbocycles. The molecule has 0 bridgehead atoms. The molecule has 0 fully saturated rings. The van der Waals surface area contributed by atoms with Crippen LogP contribution in [0.5, 0.6) is 11.5 Å². The predicted octanol–water partition coefficient (Wildman–Crippen LogP) is 4.01. The van der Waals surface area contributed by atoms with Crippen LogP contribution in [0.1, 0.15) is 18.1 Å². The summed E-state index contributed by atoms with van der Waals surface area (Å²) in [5.74, 6) is 0.302. The summed E-state index contributed by atoms with van der Waals surface area (Å²) in [6.07, 6.45) is 0. The van der Waals surface area contributed by atoms with E-state index in [9.17, 15) is 9.59 Å². The van der Waals surface area contributed by atoms with E-state index in [2.05, 4.69) is 0 Å². The number of carbonyl (C=O) groups is 1. The van der Waals surface area contributed by atoms with Crippen LogP contribution in [0, 0.1) is 13.8 Å². The maximum atomic E-state index is 12.0. The summed E-state index contributed by atoms with van der Waals surface area (Å²) < 4.78 is 15.8. The minimum absolute atomic E-state index is 0.304. The van der Waals surface area contributed by atoms with Gasteiger partial charge in [-0.3, -0.25) is 4.79 Å². The van der Waals surface area contributed by atoms with Gasteiger partial charge in [0, 0.05) is 18.4 Å². The maximum absolute atomic E-state index is 12.0. The first-order valence-corrected chi connectivity index (χ1v) is 7.81. The van der Waals surface area contributed by atoms with Gasteiger partial charge in [-0.1, -0.05) is 12.1 Å². The molecule has 0 N–H and O–H groups in total. The lowest BCUT2D eigenvalue weighted by molar-refractivity contribution is -0.132. The third kappa shape index (κ3) is 3.26. The highest BCUT2D eigenvalue weighted by Crippen LogP contribution is 2.36. The van der Waals surface area contributed by atoms with E-state index in [1.807, 2.05) is 32.0 Å². The molecule has 1 heterocycles. The van der Waals surface area contributed by atoms with Crippen LogP contribution in [0.2, 0.25) is 0 Å². The molecule has 128 valence electrons. The fourth-order valence-corrected chi connectivity index (χ4v) is 2.93. The standard InChI is InChI=1S/C20H18O5/c1-11-7-12(2)20-16(8-11)15(10-19(22)25-20)14-5-6-17(23-4)18(9-14)24-13(3)21/h5-10H,1-4H3. The molecule has 0 radical (unpaired) electrons. The van der Waals surface area contributed by atoms with Crippen molar-refractivity contribution in [3.8, 4) is 22.6 Å². The quantitative estimate of drug-likeness (QED) is 0.410. The Labute approximate surface area is 144 Å². The smallest absolute Gasteiger partial charge is 0.336 e. The zero-order chi connectivity index (χ0) is 18.1. The third-order valence-corrected chi connectivity index (χ3v) is 3.90. The minimum Gasteiger partial charge on any atom is -0.493 e. The Morgan fingerprint density at radius 1 is 1.04 bits per heavy atom. The van der Waals surface area contributed by atoms with Crippen molar-refractivity contribution in [3.63, 3.8) is 0 Å². The molecule has 5 heteroatoms. The molecule has 0 saturated carbocycles. The van der Waals surface area contributed by atoms with Crippen LogP contribution in [-0.2, 0) is 4.79 Å². The van der Waals surface area contributed by atoms with E-state index in [1.165, 1.54) is 20.1 Å². The van der Waals surface area contributed by atoms with Crippen molar-refractivity contribution < 1.29 is 18.7 Å². The average Bonchev–Trinajstić information content (AvgIpc) is 2.54. The molecule has 0 amide bonds. The number of fused-ring (bicyclic) bond motifs is 1. The number of hydrogen-bond acceptors (Lipinski definition) is 5. The molecule has 5 nitrogen and oxygen atoms in total. The Hall–Kier alpha value is -3.08. The van der Waals surface area contributed by atoms with Crippen molar-refractivity contribution >= 4 is 16.9 Å². The van der Waals surface area contributed by atoms with Gasteiger partial charge in [0.05, 0.1) is 7.11 Å². The second-order valence-corrected chi connectivity index (χ2v) is 5.90. The van der Waals surface area contributed by atoms with Gasteiger partial charge in [-0.15, -0.1) is 0 Å². The monoisotopic (exact) mass is 338 g/mol. The molecule has 0 atom stereocenters. The highest BCUT2D eigenvalue weighted by molar-refractivity contribution is 5.95. The molecule has 0 aliphatic heterocycles. The predicted molar refractivity (Wildman–Crippen MR) is 95.3 cm³/mol. The summed E-state index contributed by atoms with van der Waals surface area (Å²) in [4.78, 5) is 23.4. The van der Waals surface area contributed by atoms with E-state index in [4.69, 9.17) is 13.9 Å². The Morgan fingerprint density at radius 2 is 1.80 bits per heavy atom. The number of hydrogen-bond donors (Lipinski definition) is 0. The van der Waals surface area contributed by atoms with Crippen molar-refractivity contribution in [2.75, 3.05) is 7.11 Å². The number of methoxy groups -OCH3 is 1. The van der Waals surface area contributed by atoms with Gasteiger partial charge >= 0.3 is 11.6 Å². The van der Waals surface area contributed by atoms with E-state index in [0.717, 1.165) is 22.1 Å². The fraction of sp³-hybridized carbons (Fsp3) is 0.200. The van der Waals surface area contributed by atoms with Crippen molar-refractivity contribution in [1.82, 2.24) is 0 Å². The lowest BCUT2D eigenvalue weighted by Gasteiger charge is -2.12. The van der Waals surface area contributed by atoms with Gasteiger partial charge in [0.2, 0.25) is 0 Å². The second-order valence-electron chi connectivity index (χ2n) is 5.90. The summed E-state index contributed by atoms with van der Waals surface area (Å²) in [5.41, 5.74) is 3.53. The highest BCUT2D eigenvalue weighted by Gasteiger charge is 2.14. The van der Waals surface area contributed by atoms with Crippen LogP contribution in [0.4, 0.5) is 0 Å². The highest BCUT2D eigenvalue weighted by atomic mass is 16.6. The third-order valence-electron chi connectivity index (χ3n) is 3.90. The summed E-state index contributed by atoms with van der Waals surface area (Å²) in [6.45, 7) is 5.21. The van der Waals surface area contributed by atoms with Crippen LogP contribution >= 0.6 is 0 Å². The van der Waals surface area contributed by atoms with Crippen molar-refractivity contribution in [2.24, 2.45) is 0 Å². The number of ether oxygens (including phenoxy) is 2. The number of benzene rings is 2. The molecule has 3 rings (SSSR count). The Kier molecular flexibility index (Phi) is 4.31. The van der Waals surface area contributed by atoms with Crippen molar-refractivity contribution in [3.05, 3.63) is 57.9 Å². The van der Waals surface area contributed by atoms with E-state index in [1.54, 1.807) is 12.1 Å². The Bertz CT molecular complexity index is 1030. The maximum Gasteiger partial charge on any atom is 0.336 e. The van der Waals surface area contributed by atoms with Crippen LogP contribution in [0.3, 0.4) is 0 Å². The number of carbonyl (C=O) groups excluding carboxylic acids is 1. The SMILES string of the molecule is COc1ccc(-c2cc(=O)oc3c(C)cc(C)cc23)cc1OC(C)=O. The van der Waals surface area contributed by atoms with Crippen molar-refractivity contribution in [2.45, 2.75) is 20.8 Å². The molecule has 0 unspecified atom stereocenters. The number of aryl methyl sites for hydroxylation is 2. The van der Waals surface area contributed by atoms with Gasteiger partial charge in [0.1, 0.15) is 5.58 Å². The molecular formula is C20H18O5. The van der Waals surface area contributed by atoms with Crippen LogP contribution in [0.25, 0.3) is 22.1 Å². The Morgan fingerprint density at radius 3 is 2.48 bits per heavy atom. The summed E-state index contributed by atoms with van der Waals surface area (Å²) in [5, 5.41) is 0.830. The van der Waals surface area contributed by atoms with Crippen LogP contribution in [-0.4, -0.2) is 13.1 Å². The summed E-state index contributed by atoms with van der Waals surface area (Å²) in [7, 11) is 1.50. The Balaban J connectivity index is 2.29. The van der Waals surface area contributed by atoms with E-state index in [-0.39, 0.29) is 0 Å². The number of rotatable bonds is 3. The second kappa shape index (κ2) is 6.43. The molecule has 3 aromatic rings. The van der Waals surface area contributed by atoms with Gasteiger partial charge < -0.3 is 13.9 Å². The lowest BCUT2D eigenvalue weighted by atomic mass is 9.98.